The van der Waals surface area contributed by atoms with Gasteiger partial charge in [-0.15, -0.1) is 0 Å². The van der Waals surface area contributed by atoms with Gasteiger partial charge in [0.1, 0.15) is 11.3 Å². The molecule has 1 aromatic carbocycles. The Morgan fingerprint density at radius 1 is 1.36 bits per heavy atom. The first kappa shape index (κ1) is 8.06. The van der Waals surface area contributed by atoms with E-state index in [1.807, 2.05) is 18.2 Å². The number of para-hydroxylation sites is 1. The summed E-state index contributed by atoms with van der Waals surface area (Å²) in [5.74, 6) is 1.56. The van der Waals surface area contributed by atoms with Crippen LogP contribution in [-0.4, -0.2) is 6.04 Å². The molecule has 14 heavy (non-hydrogen) atoms. The fraction of sp³-hybridized carbons (Fsp3) is 0.333. The van der Waals surface area contributed by atoms with Gasteiger partial charge in [-0.3, -0.25) is 0 Å². The van der Waals surface area contributed by atoms with Crippen LogP contribution in [-0.2, 0) is 0 Å². The van der Waals surface area contributed by atoms with Crippen molar-refractivity contribution >= 4 is 11.0 Å². The highest BCUT2D eigenvalue weighted by Crippen LogP contribution is 2.43. The van der Waals surface area contributed by atoms with Gasteiger partial charge in [0.05, 0.1) is 0 Å². The number of benzene rings is 1. The topological polar surface area (TPSA) is 39.2 Å². The van der Waals surface area contributed by atoms with E-state index in [4.69, 9.17) is 10.2 Å². The number of fused-ring (bicyclic) bond motifs is 1. The molecule has 0 spiro atoms. The molecule has 3 rings (SSSR count). The second-order valence-corrected chi connectivity index (χ2v) is 4.09. The number of hydrogen-bond donors (Lipinski definition) is 1. The van der Waals surface area contributed by atoms with Gasteiger partial charge in [0.2, 0.25) is 0 Å². The second-order valence-electron chi connectivity index (χ2n) is 4.09. The molecule has 0 aliphatic heterocycles. The van der Waals surface area contributed by atoms with Gasteiger partial charge >= 0.3 is 0 Å². The maximum Gasteiger partial charge on any atom is 0.134 e. The molecule has 72 valence electrons. The van der Waals surface area contributed by atoms with Crippen LogP contribution in [0.5, 0.6) is 0 Å². The van der Waals surface area contributed by atoms with Crippen molar-refractivity contribution in [2.45, 2.75) is 25.3 Å². The lowest BCUT2D eigenvalue weighted by Gasteiger charge is -1.92. The maximum atomic E-state index is 5.83. The lowest BCUT2D eigenvalue weighted by atomic mass is 10.1. The standard InChI is InChI=1S/C12H13NO/c1-7-8-4-2-3-5-11(8)14-12(7)9-6-10(9)13/h2-5,9-10H,6,13H2,1H3/t9-,10-/m1/s1. The molecule has 2 nitrogen and oxygen atoms in total. The highest BCUT2D eigenvalue weighted by atomic mass is 16.3. The molecule has 1 aromatic heterocycles. The van der Waals surface area contributed by atoms with Crippen LogP contribution < -0.4 is 5.73 Å². The Balaban J connectivity index is 2.21. The Bertz CT molecular complexity index is 486. The minimum absolute atomic E-state index is 0.314. The summed E-state index contributed by atoms with van der Waals surface area (Å²) in [7, 11) is 0. The molecule has 0 amide bonds. The van der Waals surface area contributed by atoms with Crippen molar-refractivity contribution in [1.29, 1.82) is 0 Å². The van der Waals surface area contributed by atoms with Gasteiger partial charge in [-0.05, 0) is 25.0 Å². The number of aryl methyl sites for hydroxylation is 1. The van der Waals surface area contributed by atoms with Crippen LogP contribution >= 0.6 is 0 Å². The van der Waals surface area contributed by atoms with Gasteiger partial charge in [-0.1, -0.05) is 18.2 Å². The van der Waals surface area contributed by atoms with Crippen molar-refractivity contribution < 1.29 is 4.42 Å². The summed E-state index contributed by atoms with van der Waals surface area (Å²) in [4.78, 5) is 0. The Labute approximate surface area is 82.7 Å². The molecule has 2 N–H and O–H groups in total. The second kappa shape index (κ2) is 2.61. The van der Waals surface area contributed by atoms with E-state index in [9.17, 15) is 0 Å². The Hall–Kier alpha value is -1.28. The van der Waals surface area contributed by atoms with Crippen LogP contribution in [0, 0.1) is 6.92 Å². The quantitative estimate of drug-likeness (QED) is 0.745. The van der Waals surface area contributed by atoms with E-state index >= 15 is 0 Å². The summed E-state index contributed by atoms with van der Waals surface area (Å²) in [6, 6.07) is 8.48. The van der Waals surface area contributed by atoms with E-state index in [2.05, 4.69) is 13.0 Å². The maximum absolute atomic E-state index is 5.83. The molecule has 1 aliphatic carbocycles. The zero-order chi connectivity index (χ0) is 9.71. The Morgan fingerprint density at radius 3 is 2.71 bits per heavy atom. The summed E-state index contributed by atoms with van der Waals surface area (Å²) >= 11 is 0. The fourth-order valence-electron chi connectivity index (χ4n) is 2.06. The molecule has 1 heterocycles. The van der Waals surface area contributed by atoms with E-state index in [0.29, 0.717) is 12.0 Å². The summed E-state index contributed by atoms with van der Waals surface area (Å²) in [5, 5.41) is 1.22. The normalized spacial score (nSPS) is 25.6. The molecule has 0 radical (unpaired) electrons. The zero-order valence-corrected chi connectivity index (χ0v) is 8.16. The summed E-state index contributed by atoms with van der Waals surface area (Å²) in [6.07, 6.45) is 1.07. The van der Waals surface area contributed by atoms with Crippen LogP contribution in [0.25, 0.3) is 11.0 Å². The molecule has 1 saturated carbocycles. The van der Waals surface area contributed by atoms with Crippen LogP contribution in [0.4, 0.5) is 0 Å². The minimum atomic E-state index is 0.314. The highest BCUT2D eigenvalue weighted by Gasteiger charge is 2.39. The predicted octanol–water partition coefficient (Wildman–Crippen LogP) is 2.56. The van der Waals surface area contributed by atoms with Crippen molar-refractivity contribution in [2.75, 3.05) is 0 Å². The molecule has 2 aromatic rings. The molecule has 0 unspecified atom stereocenters. The molecule has 0 saturated heterocycles. The van der Waals surface area contributed by atoms with Gasteiger partial charge in [0.15, 0.2) is 0 Å². The SMILES string of the molecule is Cc1c([C@@H]2C[C@H]2N)oc2ccccc12. The Morgan fingerprint density at radius 2 is 2.07 bits per heavy atom. The van der Waals surface area contributed by atoms with Gasteiger partial charge in [-0.25, -0.2) is 0 Å². The minimum Gasteiger partial charge on any atom is -0.460 e. The fourth-order valence-corrected chi connectivity index (χ4v) is 2.06. The van der Waals surface area contributed by atoms with Crippen LogP contribution in [0.3, 0.4) is 0 Å². The molecular weight excluding hydrogens is 174 g/mol. The van der Waals surface area contributed by atoms with Crippen LogP contribution in [0.2, 0.25) is 0 Å². The average molecular weight is 187 g/mol. The van der Waals surface area contributed by atoms with Gasteiger partial charge < -0.3 is 10.2 Å². The molecule has 2 atom stereocenters. The molecule has 1 fully saturated rings. The van der Waals surface area contributed by atoms with E-state index in [-0.39, 0.29) is 0 Å². The number of furan rings is 1. The van der Waals surface area contributed by atoms with E-state index < -0.39 is 0 Å². The van der Waals surface area contributed by atoms with E-state index in [1.54, 1.807) is 0 Å². The van der Waals surface area contributed by atoms with Crippen molar-refractivity contribution in [3.05, 3.63) is 35.6 Å². The predicted molar refractivity (Wildman–Crippen MR) is 56.3 cm³/mol. The van der Waals surface area contributed by atoms with Crippen molar-refractivity contribution in [3.63, 3.8) is 0 Å². The highest BCUT2D eigenvalue weighted by molar-refractivity contribution is 5.82. The van der Waals surface area contributed by atoms with Gasteiger partial charge in [-0.2, -0.15) is 0 Å². The smallest absolute Gasteiger partial charge is 0.134 e. The summed E-state index contributed by atoms with van der Waals surface area (Å²) in [6.45, 7) is 2.12. The first-order valence-corrected chi connectivity index (χ1v) is 5.01. The lowest BCUT2D eigenvalue weighted by Crippen LogP contribution is -2.00. The molecule has 2 heteroatoms. The number of hydrogen-bond acceptors (Lipinski definition) is 2. The van der Waals surface area contributed by atoms with E-state index in [0.717, 1.165) is 17.8 Å². The zero-order valence-electron chi connectivity index (χ0n) is 8.16. The molecule has 1 aliphatic rings. The van der Waals surface area contributed by atoms with Gasteiger partial charge in [0, 0.05) is 17.3 Å². The van der Waals surface area contributed by atoms with E-state index in [1.165, 1.54) is 10.9 Å². The largest absolute Gasteiger partial charge is 0.460 e. The number of nitrogens with two attached hydrogens (primary N) is 1. The van der Waals surface area contributed by atoms with Crippen molar-refractivity contribution in [1.82, 2.24) is 0 Å². The molecule has 0 bridgehead atoms. The van der Waals surface area contributed by atoms with Crippen molar-refractivity contribution in [3.8, 4) is 0 Å². The monoisotopic (exact) mass is 187 g/mol. The average Bonchev–Trinajstić information content (AvgIpc) is 2.82. The summed E-state index contributed by atoms with van der Waals surface area (Å²) < 4.78 is 5.81. The third-order valence-corrected chi connectivity index (χ3v) is 3.06. The first-order valence-electron chi connectivity index (χ1n) is 5.01. The number of rotatable bonds is 1. The van der Waals surface area contributed by atoms with Crippen molar-refractivity contribution in [2.24, 2.45) is 5.73 Å². The molecular formula is C12H13NO. The summed E-state index contributed by atoms with van der Waals surface area (Å²) in [5.41, 5.74) is 8.08. The lowest BCUT2D eigenvalue weighted by molar-refractivity contribution is 0.545. The van der Waals surface area contributed by atoms with Crippen LogP contribution in [0.1, 0.15) is 23.7 Å². The third-order valence-electron chi connectivity index (χ3n) is 3.06. The third kappa shape index (κ3) is 1.01. The van der Waals surface area contributed by atoms with Gasteiger partial charge in [0.25, 0.3) is 0 Å². The Kier molecular flexibility index (Phi) is 1.50. The first-order chi connectivity index (χ1) is 6.77. The van der Waals surface area contributed by atoms with Crippen LogP contribution in [0.15, 0.2) is 28.7 Å².